The summed E-state index contributed by atoms with van der Waals surface area (Å²) < 4.78 is 16.6. The first-order chi connectivity index (χ1) is 16.1. The van der Waals surface area contributed by atoms with Crippen LogP contribution in [0.2, 0.25) is 0 Å². The number of hydrogen-bond donors (Lipinski definition) is 1. The van der Waals surface area contributed by atoms with Crippen molar-refractivity contribution in [2.75, 3.05) is 46.0 Å². The second-order valence-electron chi connectivity index (χ2n) is 8.19. The van der Waals surface area contributed by atoms with Crippen LogP contribution in [0.3, 0.4) is 0 Å². The lowest BCUT2D eigenvalue weighted by atomic mass is 9.99. The molecular weight excluding hydrogens is 424 g/mol. The predicted molar refractivity (Wildman–Crippen MR) is 122 cm³/mol. The normalized spacial score (nSPS) is 21.0. The van der Waals surface area contributed by atoms with Gasteiger partial charge in [-0.3, -0.25) is 14.5 Å². The first-order valence-electron chi connectivity index (χ1n) is 11.4. The number of morpholine rings is 1. The van der Waals surface area contributed by atoms with Crippen LogP contribution in [-0.4, -0.2) is 72.6 Å². The zero-order valence-corrected chi connectivity index (χ0v) is 18.9. The quantitative estimate of drug-likeness (QED) is 0.353. The van der Waals surface area contributed by atoms with E-state index in [0.717, 1.165) is 26.1 Å². The molecule has 0 saturated carbocycles. The molecule has 2 aliphatic rings. The van der Waals surface area contributed by atoms with Gasteiger partial charge in [0.1, 0.15) is 23.3 Å². The third-order valence-electron chi connectivity index (χ3n) is 5.93. The highest BCUT2D eigenvalue weighted by atomic mass is 16.5. The van der Waals surface area contributed by atoms with E-state index < -0.39 is 17.7 Å². The summed E-state index contributed by atoms with van der Waals surface area (Å²) in [5, 5.41) is 11.1. The van der Waals surface area contributed by atoms with Gasteiger partial charge in [0.2, 0.25) is 0 Å². The van der Waals surface area contributed by atoms with E-state index in [2.05, 4.69) is 4.90 Å². The van der Waals surface area contributed by atoms with Gasteiger partial charge in [0.05, 0.1) is 31.7 Å². The molecule has 0 radical (unpaired) electrons. The summed E-state index contributed by atoms with van der Waals surface area (Å²) >= 11 is 0. The molecule has 8 heteroatoms. The van der Waals surface area contributed by atoms with E-state index in [4.69, 9.17) is 13.9 Å². The van der Waals surface area contributed by atoms with Gasteiger partial charge in [-0.2, -0.15) is 0 Å². The smallest absolute Gasteiger partial charge is 0.295 e. The number of carbonyl (C=O) groups is 2. The molecule has 0 spiro atoms. The van der Waals surface area contributed by atoms with E-state index in [1.807, 2.05) is 6.92 Å². The highest BCUT2D eigenvalue weighted by molar-refractivity contribution is 6.46. The van der Waals surface area contributed by atoms with Crippen LogP contribution in [0, 0.1) is 0 Å². The number of nitrogens with zero attached hydrogens (tertiary/aromatic N) is 2. The number of Topliss-reactive ketones (excluding diaryl/α,β-unsaturated/α-hetero) is 1. The Labute approximate surface area is 193 Å². The molecule has 0 bridgehead atoms. The zero-order chi connectivity index (χ0) is 23.2. The minimum absolute atomic E-state index is 0.0450. The molecule has 2 saturated heterocycles. The number of ketones is 1. The first-order valence-corrected chi connectivity index (χ1v) is 11.4. The van der Waals surface area contributed by atoms with E-state index in [9.17, 15) is 14.7 Å². The van der Waals surface area contributed by atoms with Gasteiger partial charge in [-0.25, -0.2) is 0 Å². The maximum absolute atomic E-state index is 13.0. The monoisotopic (exact) mass is 454 g/mol. The fourth-order valence-electron chi connectivity index (χ4n) is 4.23. The third kappa shape index (κ3) is 5.12. The van der Waals surface area contributed by atoms with Gasteiger partial charge in [0.15, 0.2) is 0 Å². The molecule has 1 N–H and O–H groups in total. The molecule has 1 atom stereocenters. The second-order valence-corrected chi connectivity index (χ2v) is 8.19. The van der Waals surface area contributed by atoms with Crippen LogP contribution < -0.4 is 4.74 Å². The van der Waals surface area contributed by atoms with Gasteiger partial charge in [0, 0.05) is 31.7 Å². The van der Waals surface area contributed by atoms with E-state index in [-0.39, 0.29) is 11.3 Å². The van der Waals surface area contributed by atoms with Gasteiger partial charge < -0.3 is 23.9 Å². The summed E-state index contributed by atoms with van der Waals surface area (Å²) in [5.41, 5.74) is 0.491. The Kier molecular flexibility index (Phi) is 7.47. The van der Waals surface area contributed by atoms with Crippen LogP contribution in [0.4, 0.5) is 0 Å². The van der Waals surface area contributed by atoms with E-state index >= 15 is 0 Å². The van der Waals surface area contributed by atoms with Gasteiger partial charge in [-0.1, -0.05) is 6.92 Å². The SMILES string of the molecule is CCCOc1ccc(C(O)=C2C(=O)C(=O)N(CCCN3CCOCC3)C2c2ccco2)cc1. The number of carbonyl (C=O) groups excluding carboxylic acids is 2. The zero-order valence-electron chi connectivity index (χ0n) is 18.9. The molecule has 176 valence electrons. The number of rotatable bonds is 9. The number of ether oxygens (including phenoxy) is 2. The molecule has 3 heterocycles. The Hall–Kier alpha value is -3.10. The van der Waals surface area contributed by atoms with Crippen LogP contribution in [0.15, 0.2) is 52.7 Å². The van der Waals surface area contributed by atoms with E-state index in [0.29, 0.717) is 49.9 Å². The van der Waals surface area contributed by atoms with Gasteiger partial charge >= 0.3 is 0 Å². The summed E-state index contributed by atoms with van der Waals surface area (Å²) in [5.74, 6) is -0.411. The van der Waals surface area contributed by atoms with Gasteiger partial charge in [-0.05, 0) is 49.2 Å². The average Bonchev–Trinajstić information content (AvgIpc) is 3.46. The fourth-order valence-corrected chi connectivity index (χ4v) is 4.23. The molecule has 2 fully saturated rings. The first kappa shape index (κ1) is 23.1. The summed E-state index contributed by atoms with van der Waals surface area (Å²) in [7, 11) is 0. The van der Waals surface area contributed by atoms with Crippen molar-refractivity contribution in [1.82, 2.24) is 9.80 Å². The molecule has 1 unspecified atom stereocenters. The van der Waals surface area contributed by atoms with Crippen molar-refractivity contribution in [3.8, 4) is 5.75 Å². The lowest BCUT2D eigenvalue weighted by Crippen LogP contribution is -2.38. The summed E-state index contributed by atoms with van der Waals surface area (Å²) in [4.78, 5) is 29.7. The Morgan fingerprint density at radius 3 is 2.55 bits per heavy atom. The number of hydrogen-bond acceptors (Lipinski definition) is 7. The van der Waals surface area contributed by atoms with Crippen molar-refractivity contribution in [2.45, 2.75) is 25.8 Å². The van der Waals surface area contributed by atoms with E-state index in [1.54, 1.807) is 36.4 Å². The second kappa shape index (κ2) is 10.7. The van der Waals surface area contributed by atoms with Crippen LogP contribution in [-0.2, 0) is 14.3 Å². The number of aliphatic hydroxyl groups is 1. The third-order valence-corrected chi connectivity index (χ3v) is 5.93. The summed E-state index contributed by atoms with van der Waals surface area (Å²) in [6, 6.07) is 9.52. The molecule has 2 aliphatic heterocycles. The molecule has 1 aromatic heterocycles. The van der Waals surface area contributed by atoms with Crippen molar-refractivity contribution >= 4 is 17.4 Å². The highest BCUT2D eigenvalue weighted by Crippen LogP contribution is 2.39. The largest absolute Gasteiger partial charge is 0.507 e. The number of likely N-dealkylation sites (tertiary alicyclic amines) is 1. The molecule has 0 aliphatic carbocycles. The Morgan fingerprint density at radius 1 is 1.12 bits per heavy atom. The fraction of sp³-hybridized carbons (Fsp3) is 0.440. The summed E-state index contributed by atoms with van der Waals surface area (Å²) in [6.45, 7) is 6.94. The van der Waals surface area contributed by atoms with Crippen LogP contribution in [0.5, 0.6) is 5.75 Å². The Balaban J connectivity index is 1.58. The Bertz CT molecular complexity index is 977. The molecule has 1 aromatic carbocycles. The minimum Gasteiger partial charge on any atom is -0.507 e. The number of benzene rings is 1. The predicted octanol–water partition coefficient (Wildman–Crippen LogP) is 3.21. The lowest BCUT2D eigenvalue weighted by Gasteiger charge is -2.28. The van der Waals surface area contributed by atoms with Crippen molar-refractivity contribution in [1.29, 1.82) is 0 Å². The molecule has 2 aromatic rings. The standard InChI is InChI=1S/C25H30N2O6/c1-2-14-32-19-8-6-18(7-9-19)23(28)21-22(20-5-3-15-33-20)27(25(30)24(21)29)11-4-10-26-12-16-31-17-13-26/h3,5-9,15,22,28H,2,4,10-14,16-17H2,1H3. The minimum atomic E-state index is -0.763. The van der Waals surface area contributed by atoms with Crippen LogP contribution in [0.25, 0.3) is 5.76 Å². The number of amides is 1. The Morgan fingerprint density at radius 2 is 1.88 bits per heavy atom. The maximum atomic E-state index is 13.0. The van der Waals surface area contributed by atoms with Gasteiger partial charge in [-0.15, -0.1) is 0 Å². The number of aliphatic hydroxyl groups excluding tert-OH is 1. The maximum Gasteiger partial charge on any atom is 0.295 e. The van der Waals surface area contributed by atoms with Crippen molar-refractivity contribution < 1.29 is 28.6 Å². The van der Waals surface area contributed by atoms with Gasteiger partial charge in [0.25, 0.3) is 11.7 Å². The van der Waals surface area contributed by atoms with Crippen LogP contribution >= 0.6 is 0 Å². The van der Waals surface area contributed by atoms with Crippen molar-refractivity contribution in [3.63, 3.8) is 0 Å². The molecule has 8 nitrogen and oxygen atoms in total. The molecular formula is C25H30N2O6. The van der Waals surface area contributed by atoms with E-state index in [1.165, 1.54) is 11.2 Å². The summed E-state index contributed by atoms with van der Waals surface area (Å²) in [6.07, 6.45) is 3.09. The molecule has 33 heavy (non-hydrogen) atoms. The highest BCUT2D eigenvalue weighted by Gasteiger charge is 2.47. The average molecular weight is 455 g/mol. The topological polar surface area (TPSA) is 92.5 Å². The van der Waals surface area contributed by atoms with Crippen molar-refractivity contribution in [2.24, 2.45) is 0 Å². The van der Waals surface area contributed by atoms with Crippen LogP contribution in [0.1, 0.15) is 37.1 Å². The number of furan rings is 1. The van der Waals surface area contributed by atoms with Crippen molar-refractivity contribution in [3.05, 3.63) is 59.6 Å². The molecule has 4 rings (SSSR count). The lowest BCUT2D eigenvalue weighted by molar-refractivity contribution is -0.140. The molecule has 1 amide bonds.